The average molecular weight is 416 g/mol. The van der Waals surface area contributed by atoms with Crippen molar-refractivity contribution in [3.63, 3.8) is 0 Å². The van der Waals surface area contributed by atoms with Crippen molar-refractivity contribution in [2.75, 3.05) is 0 Å². The lowest BCUT2D eigenvalue weighted by Crippen LogP contribution is -2.00. The van der Waals surface area contributed by atoms with Gasteiger partial charge in [0.25, 0.3) is 0 Å². The smallest absolute Gasteiger partial charge is 0.218 e. The third kappa shape index (κ3) is 3.90. The molecule has 0 aliphatic carbocycles. The minimum Gasteiger partial charge on any atom is -0.439 e. The number of pyridine rings is 2. The van der Waals surface area contributed by atoms with Gasteiger partial charge in [0.05, 0.1) is 11.4 Å². The van der Waals surface area contributed by atoms with E-state index in [1.165, 1.54) is 0 Å². The predicted molar refractivity (Wildman–Crippen MR) is 117 cm³/mol. The van der Waals surface area contributed by atoms with Gasteiger partial charge in [0.1, 0.15) is 16.6 Å². The molecule has 0 aliphatic heterocycles. The minimum absolute atomic E-state index is 0.316. The molecule has 148 valence electrons. The van der Waals surface area contributed by atoms with Crippen LogP contribution in [-0.4, -0.2) is 19.7 Å². The van der Waals surface area contributed by atoms with Crippen molar-refractivity contribution in [3.8, 4) is 46.6 Å². The summed E-state index contributed by atoms with van der Waals surface area (Å²) in [5, 5.41) is 4.86. The van der Waals surface area contributed by atoms with Crippen molar-refractivity contribution >= 4 is 11.6 Å². The number of halogens is 1. The number of aryl methyl sites for hydroxylation is 1. The molecule has 0 radical (unpaired) electrons. The van der Waals surface area contributed by atoms with E-state index in [0.717, 1.165) is 16.8 Å². The van der Waals surface area contributed by atoms with Crippen LogP contribution in [0, 0.1) is 12.3 Å². The molecule has 4 rings (SSSR count). The highest BCUT2D eigenvalue weighted by molar-refractivity contribution is 6.30. The fraction of sp³-hybridized carbons (Fsp3) is 0.0870. The molecule has 30 heavy (non-hydrogen) atoms. The lowest BCUT2D eigenvalue weighted by atomic mass is 10.1. The van der Waals surface area contributed by atoms with Gasteiger partial charge in [0.15, 0.2) is 0 Å². The second-order valence-electron chi connectivity index (χ2n) is 6.51. The molecular weight excluding hydrogens is 398 g/mol. The molecule has 6 nitrogen and oxygen atoms in total. The number of benzene rings is 1. The number of hydrogen-bond acceptors (Lipinski definition) is 5. The molecule has 0 spiro atoms. The van der Waals surface area contributed by atoms with E-state index in [2.05, 4.69) is 21.0 Å². The number of nitrogens with two attached hydrogens (primary N) is 1. The molecular formula is C23H18ClN5O. The van der Waals surface area contributed by atoms with Crippen molar-refractivity contribution in [1.29, 1.82) is 0 Å². The van der Waals surface area contributed by atoms with Crippen LogP contribution in [0.5, 0.6) is 11.6 Å². The van der Waals surface area contributed by atoms with E-state index in [-0.39, 0.29) is 0 Å². The minimum atomic E-state index is 0.316. The molecule has 0 saturated heterocycles. The van der Waals surface area contributed by atoms with Crippen molar-refractivity contribution in [1.82, 2.24) is 19.7 Å². The summed E-state index contributed by atoms with van der Waals surface area (Å²) in [7, 11) is 1.80. The molecule has 3 heterocycles. The van der Waals surface area contributed by atoms with Crippen molar-refractivity contribution in [2.24, 2.45) is 12.8 Å². The highest BCUT2D eigenvalue weighted by atomic mass is 35.5. The Hall–Kier alpha value is -3.66. The first-order valence-corrected chi connectivity index (χ1v) is 9.56. The average Bonchev–Trinajstić information content (AvgIpc) is 3.14. The predicted octanol–water partition coefficient (Wildman–Crippen LogP) is 4.43. The molecule has 3 aromatic heterocycles. The monoisotopic (exact) mass is 415 g/mol. The second kappa shape index (κ2) is 8.37. The standard InChI is InChI=1S/C23H18ClN5O/c1-3-15-7-9-17(18-10-8-16(14-25)23(24)27-18)21(12-15)30-22-13-20(28-29(22)2)19-6-4-5-11-26-19/h1,4-13H,14,25H2,2H3. The Morgan fingerprint density at radius 2 is 1.97 bits per heavy atom. The normalized spacial score (nSPS) is 10.6. The molecule has 0 amide bonds. The van der Waals surface area contributed by atoms with Crippen LogP contribution in [0.25, 0.3) is 22.6 Å². The maximum absolute atomic E-state index is 6.26. The number of ether oxygens (including phenoxy) is 1. The Morgan fingerprint density at radius 1 is 1.10 bits per heavy atom. The van der Waals surface area contributed by atoms with E-state index < -0.39 is 0 Å². The lowest BCUT2D eigenvalue weighted by Gasteiger charge is -2.12. The van der Waals surface area contributed by atoms with Crippen molar-refractivity contribution in [3.05, 3.63) is 77.1 Å². The number of hydrogen-bond donors (Lipinski definition) is 1. The fourth-order valence-electron chi connectivity index (χ4n) is 2.97. The van der Waals surface area contributed by atoms with Gasteiger partial charge in [0, 0.05) is 42.5 Å². The number of terminal acetylenes is 1. The number of rotatable bonds is 5. The zero-order valence-corrected chi connectivity index (χ0v) is 17.0. The zero-order chi connectivity index (χ0) is 21.1. The molecule has 1 aromatic carbocycles. The molecule has 0 bridgehead atoms. The van der Waals surface area contributed by atoms with E-state index in [1.54, 1.807) is 24.0 Å². The quantitative estimate of drug-likeness (QED) is 0.385. The summed E-state index contributed by atoms with van der Waals surface area (Å²) < 4.78 is 7.85. The summed E-state index contributed by atoms with van der Waals surface area (Å²) in [5.41, 5.74) is 10.0. The van der Waals surface area contributed by atoms with Gasteiger partial charge in [-0.3, -0.25) is 4.98 Å². The van der Waals surface area contributed by atoms with E-state index in [1.807, 2.05) is 48.5 Å². The van der Waals surface area contributed by atoms with Crippen LogP contribution in [0.1, 0.15) is 11.1 Å². The Morgan fingerprint density at radius 3 is 2.67 bits per heavy atom. The summed E-state index contributed by atoms with van der Waals surface area (Å²) in [6.07, 6.45) is 7.31. The third-order valence-electron chi connectivity index (χ3n) is 4.55. The number of nitrogens with zero attached hydrogens (tertiary/aromatic N) is 4. The molecule has 0 fully saturated rings. The second-order valence-corrected chi connectivity index (χ2v) is 6.87. The van der Waals surface area contributed by atoms with Gasteiger partial charge >= 0.3 is 0 Å². The highest BCUT2D eigenvalue weighted by Gasteiger charge is 2.15. The van der Waals surface area contributed by atoms with Gasteiger partial charge in [-0.25, -0.2) is 9.67 Å². The molecule has 0 aliphatic rings. The summed E-state index contributed by atoms with van der Waals surface area (Å²) in [6.45, 7) is 0.316. The summed E-state index contributed by atoms with van der Waals surface area (Å²) >= 11 is 6.26. The molecule has 0 saturated carbocycles. The SMILES string of the molecule is C#Cc1ccc(-c2ccc(CN)c(Cl)n2)c(Oc2cc(-c3ccccn3)nn2C)c1. The lowest BCUT2D eigenvalue weighted by molar-refractivity contribution is 0.432. The van der Waals surface area contributed by atoms with Gasteiger partial charge < -0.3 is 10.5 Å². The van der Waals surface area contributed by atoms with E-state index in [0.29, 0.717) is 40.3 Å². The molecule has 4 aromatic rings. The number of aromatic nitrogens is 4. The molecule has 7 heteroatoms. The van der Waals surface area contributed by atoms with Gasteiger partial charge in [-0.1, -0.05) is 29.7 Å². The third-order valence-corrected chi connectivity index (χ3v) is 4.88. The van der Waals surface area contributed by atoms with E-state index in [4.69, 9.17) is 28.5 Å². The van der Waals surface area contributed by atoms with Crippen molar-refractivity contribution < 1.29 is 4.74 Å². The first-order valence-electron chi connectivity index (χ1n) is 9.19. The summed E-state index contributed by atoms with van der Waals surface area (Å²) in [5.74, 6) is 3.72. The van der Waals surface area contributed by atoms with Crippen LogP contribution in [0.4, 0.5) is 0 Å². The van der Waals surface area contributed by atoms with E-state index in [9.17, 15) is 0 Å². The largest absolute Gasteiger partial charge is 0.439 e. The maximum atomic E-state index is 6.26. The summed E-state index contributed by atoms with van der Waals surface area (Å²) in [6, 6.07) is 16.7. The van der Waals surface area contributed by atoms with E-state index >= 15 is 0 Å². The Balaban J connectivity index is 1.75. The van der Waals surface area contributed by atoms with Gasteiger partial charge in [-0.05, 0) is 36.4 Å². The van der Waals surface area contributed by atoms with Crippen LogP contribution in [0.3, 0.4) is 0 Å². The van der Waals surface area contributed by atoms with Crippen LogP contribution < -0.4 is 10.5 Å². The molecule has 0 atom stereocenters. The van der Waals surface area contributed by atoms with Crippen LogP contribution in [0.2, 0.25) is 5.15 Å². The fourth-order valence-corrected chi connectivity index (χ4v) is 3.20. The highest BCUT2D eigenvalue weighted by Crippen LogP contribution is 2.35. The van der Waals surface area contributed by atoms with Crippen LogP contribution in [0.15, 0.2) is 60.8 Å². The molecule has 0 unspecified atom stereocenters. The summed E-state index contributed by atoms with van der Waals surface area (Å²) in [4.78, 5) is 8.80. The Labute approximate surface area is 179 Å². The molecule has 2 N–H and O–H groups in total. The topological polar surface area (TPSA) is 78.8 Å². The van der Waals surface area contributed by atoms with Crippen molar-refractivity contribution in [2.45, 2.75) is 6.54 Å². The van der Waals surface area contributed by atoms with Crippen LogP contribution >= 0.6 is 11.6 Å². The van der Waals surface area contributed by atoms with Gasteiger partial charge in [-0.2, -0.15) is 5.10 Å². The zero-order valence-electron chi connectivity index (χ0n) is 16.2. The van der Waals surface area contributed by atoms with Gasteiger partial charge in [-0.15, -0.1) is 6.42 Å². The Kier molecular flexibility index (Phi) is 5.48. The van der Waals surface area contributed by atoms with Crippen LogP contribution in [-0.2, 0) is 13.6 Å². The Bertz CT molecular complexity index is 1240. The first-order chi connectivity index (χ1) is 14.6. The maximum Gasteiger partial charge on any atom is 0.218 e. The first kappa shape index (κ1) is 19.6. The van der Waals surface area contributed by atoms with Gasteiger partial charge in [0.2, 0.25) is 5.88 Å².